The Morgan fingerprint density at radius 2 is 2.04 bits per heavy atom. The summed E-state index contributed by atoms with van der Waals surface area (Å²) in [6, 6.07) is 8.43. The fraction of sp³-hybridized carbons (Fsp3) is 0.632. The molecule has 0 aromatic heterocycles. The maximum atomic E-state index is 12.4. The highest BCUT2D eigenvalue weighted by atomic mass is 32.2. The van der Waals surface area contributed by atoms with E-state index in [1.54, 1.807) is 0 Å². The number of benzene rings is 1. The predicted octanol–water partition coefficient (Wildman–Crippen LogP) is 1.32. The first-order valence-electron chi connectivity index (χ1n) is 9.56. The van der Waals surface area contributed by atoms with Gasteiger partial charge in [-0.1, -0.05) is 36.8 Å². The molecule has 1 aliphatic heterocycles. The lowest BCUT2D eigenvalue weighted by molar-refractivity contribution is 0.0730. The van der Waals surface area contributed by atoms with Crippen molar-refractivity contribution in [2.24, 2.45) is 4.99 Å². The number of nitrogens with one attached hydrogen (secondary N) is 2. The predicted molar refractivity (Wildman–Crippen MR) is 110 cm³/mol. The summed E-state index contributed by atoms with van der Waals surface area (Å²) < 4.78 is 31.5. The highest BCUT2D eigenvalue weighted by Crippen LogP contribution is 2.16. The molecule has 1 heterocycles. The Bertz CT molecular complexity index is 715. The number of hydrogen-bond donors (Lipinski definition) is 2. The smallest absolute Gasteiger partial charge is 0.215 e. The third-order valence-corrected chi connectivity index (χ3v) is 6.37. The third kappa shape index (κ3) is 7.12. The first-order valence-corrected chi connectivity index (χ1v) is 11.2. The van der Waals surface area contributed by atoms with Gasteiger partial charge in [-0.25, -0.2) is 8.42 Å². The molecule has 152 valence electrons. The number of guanidine groups is 1. The van der Waals surface area contributed by atoms with Crippen LogP contribution in [0.2, 0.25) is 0 Å². The van der Waals surface area contributed by atoms with Crippen molar-refractivity contribution < 1.29 is 13.2 Å². The van der Waals surface area contributed by atoms with Crippen LogP contribution >= 0.6 is 0 Å². The Labute approximate surface area is 163 Å². The van der Waals surface area contributed by atoms with Crippen LogP contribution in [-0.2, 0) is 14.8 Å². The zero-order chi connectivity index (χ0) is 19.7. The van der Waals surface area contributed by atoms with Crippen LogP contribution in [0.25, 0.3) is 0 Å². The number of nitrogens with zero attached hydrogens (tertiary/aromatic N) is 2. The van der Waals surface area contributed by atoms with E-state index in [1.807, 2.05) is 6.92 Å². The van der Waals surface area contributed by atoms with E-state index in [1.165, 1.54) is 15.4 Å². The highest BCUT2D eigenvalue weighted by Gasteiger charge is 2.23. The van der Waals surface area contributed by atoms with Crippen LogP contribution < -0.4 is 10.6 Å². The Morgan fingerprint density at radius 1 is 1.30 bits per heavy atom. The fourth-order valence-corrected chi connectivity index (χ4v) is 4.23. The Morgan fingerprint density at radius 3 is 2.70 bits per heavy atom. The highest BCUT2D eigenvalue weighted by molar-refractivity contribution is 7.89. The van der Waals surface area contributed by atoms with E-state index in [0.717, 1.165) is 6.54 Å². The molecule has 0 amide bonds. The first kappa shape index (κ1) is 21.7. The molecule has 0 spiro atoms. The second-order valence-electron chi connectivity index (χ2n) is 6.79. The van der Waals surface area contributed by atoms with E-state index in [4.69, 9.17) is 4.74 Å². The van der Waals surface area contributed by atoms with Crippen LogP contribution in [0.1, 0.15) is 30.9 Å². The molecule has 27 heavy (non-hydrogen) atoms. The van der Waals surface area contributed by atoms with Crippen LogP contribution in [0, 0.1) is 6.92 Å². The summed E-state index contributed by atoms with van der Waals surface area (Å²) in [4.78, 5) is 4.62. The molecule has 1 aromatic rings. The van der Waals surface area contributed by atoms with E-state index in [9.17, 15) is 8.42 Å². The molecule has 7 nitrogen and oxygen atoms in total. The molecule has 2 N–H and O–H groups in total. The van der Waals surface area contributed by atoms with Crippen molar-refractivity contribution in [1.29, 1.82) is 0 Å². The maximum Gasteiger partial charge on any atom is 0.215 e. The molecule has 1 aromatic carbocycles. The van der Waals surface area contributed by atoms with Crippen LogP contribution in [0.5, 0.6) is 0 Å². The lowest BCUT2D eigenvalue weighted by Gasteiger charge is -2.26. The summed E-state index contributed by atoms with van der Waals surface area (Å²) in [5.41, 5.74) is 2.49. The van der Waals surface area contributed by atoms with Crippen molar-refractivity contribution in [3.63, 3.8) is 0 Å². The minimum absolute atomic E-state index is 0.0465. The molecule has 1 aliphatic rings. The Kier molecular flexibility index (Phi) is 8.53. The largest absolute Gasteiger partial charge is 0.379 e. The number of sulfonamides is 1. The van der Waals surface area contributed by atoms with Gasteiger partial charge < -0.3 is 15.4 Å². The second-order valence-corrected chi connectivity index (χ2v) is 8.88. The number of aryl methyl sites for hydroxylation is 1. The quantitative estimate of drug-likeness (QED) is 0.511. The number of aliphatic imine (C=N–C) groups is 1. The summed E-state index contributed by atoms with van der Waals surface area (Å²) >= 11 is 0. The van der Waals surface area contributed by atoms with Gasteiger partial charge in [0.05, 0.1) is 19.0 Å². The maximum absolute atomic E-state index is 12.4. The van der Waals surface area contributed by atoms with Gasteiger partial charge in [0.25, 0.3) is 0 Å². The minimum atomic E-state index is -3.26. The average molecular weight is 397 g/mol. The lowest BCUT2D eigenvalue weighted by atomic mass is 10.00. The molecule has 0 saturated carbocycles. The van der Waals surface area contributed by atoms with E-state index in [0.29, 0.717) is 45.4 Å². The van der Waals surface area contributed by atoms with E-state index >= 15 is 0 Å². The molecule has 0 radical (unpaired) electrons. The van der Waals surface area contributed by atoms with Gasteiger partial charge in [-0.2, -0.15) is 4.31 Å². The molecule has 2 rings (SSSR count). The average Bonchev–Trinajstić information content (AvgIpc) is 2.66. The van der Waals surface area contributed by atoms with Crippen LogP contribution in [0.4, 0.5) is 0 Å². The van der Waals surface area contributed by atoms with Crippen LogP contribution in [0.3, 0.4) is 0 Å². The van der Waals surface area contributed by atoms with Gasteiger partial charge in [0, 0.05) is 38.6 Å². The summed E-state index contributed by atoms with van der Waals surface area (Å²) in [5.74, 6) is 0.983. The number of morpholine rings is 1. The van der Waals surface area contributed by atoms with Gasteiger partial charge in [-0.3, -0.25) is 4.99 Å². The molecule has 1 unspecified atom stereocenters. The number of rotatable bonds is 8. The van der Waals surface area contributed by atoms with Crippen LogP contribution in [-0.4, -0.2) is 70.4 Å². The summed E-state index contributed by atoms with van der Waals surface area (Å²) in [7, 11) is -3.26. The zero-order valence-electron chi connectivity index (χ0n) is 16.6. The Hall–Kier alpha value is -1.64. The number of ether oxygens (including phenoxy) is 1. The monoisotopic (exact) mass is 396 g/mol. The van der Waals surface area contributed by atoms with Gasteiger partial charge in [-0.15, -0.1) is 0 Å². The number of hydrogen-bond acceptors (Lipinski definition) is 4. The topological polar surface area (TPSA) is 83.0 Å². The molecule has 1 atom stereocenters. The summed E-state index contributed by atoms with van der Waals surface area (Å²) in [6.45, 7) is 9.70. The molecular formula is C19H32N4O3S. The van der Waals surface area contributed by atoms with Crippen molar-refractivity contribution in [2.45, 2.75) is 26.7 Å². The molecule has 1 fully saturated rings. The van der Waals surface area contributed by atoms with Gasteiger partial charge in [0.1, 0.15) is 0 Å². The lowest BCUT2D eigenvalue weighted by Crippen LogP contribution is -2.45. The first-order chi connectivity index (χ1) is 12.9. The minimum Gasteiger partial charge on any atom is -0.379 e. The molecule has 1 saturated heterocycles. The van der Waals surface area contributed by atoms with Crippen molar-refractivity contribution in [2.75, 3.05) is 51.7 Å². The summed E-state index contributed by atoms with van der Waals surface area (Å²) in [6.07, 6.45) is 0. The normalized spacial score (nSPS) is 17.5. The fourth-order valence-electron chi connectivity index (χ4n) is 2.90. The van der Waals surface area contributed by atoms with Crippen LogP contribution in [0.15, 0.2) is 29.3 Å². The van der Waals surface area contributed by atoms with E-state index in [-0.39, 0.29) is 11.7 Å². The van der Waals surface area contributed by atoms with Crippen molar-refractivity contribution in [3.8, 4) is 0 Å². The standard InChI is InChI=1S/C19H32N4O3S/c1-4-20-19(22-15-17(3)18-7-5-6-16(2)14-18)21-8-13-27(24,25)23-9-11-26-12-10-23/h5-7,14,17H,4,8-13,15H2,1-3H3,(H2,20,21,22). The molecular weight excluding hydrogens is 364 g/mol. The molecule has 0 aliphatic carbocycles. The second kappa shape index (κ2) is 10.6. The van der Waals surface area contributed by atoms with E-state index in [2.05, 4.69) is 53.7 Å². The molecule has 0 bridgehead atoms. The van der Waals surface area contributed by atoms with Crippen molar-refractivity contribution >= 4 is 16.0 Å². The van der Waals surface area contributed by atoms with Gasteiger partial charge >= 0.3 is 0 Å². The zero-order valence-corrected chi connectivity index (χ0v) is 17.4. The van der Waals surface area contributed by atoms with Gasteiger partial charge in [-0.05, 0) is 19.4 Å². The van der Waals surface area contributed by atoms with Crippen molar-refractivity contribution in [3.05, 3.63) is 35.4 Å². The molecule has 8 heteroatoms. The SMILES string of the molecule is CCNC(=NCC(C)c1cccc(C)c1)NCCS(=O)(=O)N1CCOCC1. The van der Waals surface area contributed by atoms with Crippen molar-refractivity contribution in [1.82, 2.24) is 14.9 Å². The Balaban J connectivity index is 1.87. The summed E-state index contributed by atoms with van der Waals surface area (Å²) in [5, 5.41) is 6.31. The van der Waals surface area contributed by atoms with Gasteiger partial charge in [0.15, 0.2) is 5.96 Å². The third-order valence-electron chi connectivity index (χ3n) is 4.49. The van der Waals surface area contributed by atoms with E-state index < -0.39 is 10.0 Å². The van der Waals surface area contributed by atoms with Gasteiger partial charge in [0.2, 0.25) is 10.0 Å².